The Kier molecular flexibility index (Phi) is 5.48. The van der Waals surface area contributed by atoms with Crippen LogP contribution in [0, 0.1) is 11.3 Å². The molecule has 0 aliphatic carbocycles. The second kappa shape index (κ2) is 8.22. The molecule has 0 aliphatic rings. The Labute approximate surface area is 181 Å². The Morgan fingerprint density at radius 2 is 1.70 bits per heavy atom. The minimum absolute atomic E-state index is 0.298. The van der Waals surface area contributed by atoms with Crippen molar-refractivity contribution in [1.82, 2.24) is 5.32 Å². The van der Waals surface area contributed by atoms with E-state index in [2.05, 4.69) is 23.5 Å². The summed E-state index contributed by atoms with van der Waals surface area (Å²) in [5.74, 6) is 0.971. The van der Waals surface area contributed by atoms with E-state index in [0.717, 1.165) is 14.8 Å². The van der Waals surface area contributed by atoms with E-state index in [1.165, 1.54) is 37.4 Å². The maximum Gasteiger partial charge on any atom is 0.262 e. The number of hydrogen-bond donors (Lipinski definition) is 1. The summed E-state index contributed by atoms with van der Waals surface area (Å²) in [5.41, 5.74) is 0.546. The van der Waals surface area contributed by atoms with Crippen molar-refractivity contribution in [2.45, 2.75) is 6.04 Å². The van der Waals surface area contributed by atoms with Gasteiger partial charge in [-0.15, -0.1) is 22.7 Å². The summed E-state index contributed by atoms with van der Waals surface area (Å²) in [6, 6.07) is 14.6. The van der Waals surface area contributed by atoms with Crippen LogP contribution in [0.1, 0.15) is 21.3 Å². The van der Waals surface area contributed by atoms with Crippen LogP contribution in [0.15, 0.2) is 42.5 Å². The molecule has 0 fully saturated rings. The number of nitrogens with one attached hydrogen (secondary N) is 1. The molecular weight excluding hydrogens is 420 g/mol. The van der Waals surface area contributed by atoms with E-state index in [1.54, 1.807) is 23.5 Å². The number of nitriles is 1. The number of ether oxygens (including phenoxy) is 3. The zero-order chi connectivity index (χ0) is 21.3. The van der Waals surface area contributed by atoms with Crippen LogP contribution in [0.5, 0.6) is 17.2 Å². The highest BCUT2D eigenvalue weighted by Gasteiger charge is 2.22. The van der Waals surface area contributed by atoms with Gasteiger partial charge in [-0.3, -0.25) is 4.79 Å². The average Bonchev–Trinajstić information content (AvgIpc) is 3.34. The minimum Gasteiger partial charge on any atom is -0.493 e. The second-order valence-corrected chi connectivity index (χ2v) is 8.53. The van der Waals surface area contributed by atoms with E-state index in [4.69, 9.17) is 14.2 Å². The van der Waals surface area contributed by atoms with Crippen LogP contribution in [-0.2, 0) is 0 Å². The first kappa shape index (κ1) is 20.0. The quantitative estimate of drug-likeness (QED) is 0.451. The Bertz CT molecular complexity index is 1260. The first-order valence-electron chi connectivity index (χ1n) is 9.01. The summed E-state index contributed by atoms with van der Waals surface area (Å²) in [6.45, 7) is 0. The molecule has 0 saturated carbocycles. The number of benzene rings is 2. The summed E-state index contributed by atoms with van der Waals surface area (Å²) < 4.78 is 19.4. The van der Waals surface area contributed by atoms with Crippen molar-refractivity contribution in [2.24, 2.45) is 0 Å². The number of thiophene rings is 2. The third-order valence-corrected chi connectivity index (χ3v) is 7.11. The van der Waals surface area contributed by atoms with Gasteiger partial charge < -0.3 is 19.5 Å². The normalized spacial score (nSPS) is 11.8. The average molecular weight is 439 g/mol. The first-order valence-corrected chi connectivity index (χ1v) is 10.6. The molecule has 2 aromatic heterocycles. The van der Waals surface area contributed by atoms with E-state index >= 15 is 0 Å². The molecule has 30 heavy (non-hydrogen) atoms. The largest absolute Gasteiger partial charge is 0.493 e. The zero-order valence-electron chi connectivity index (χ0n) is 16.5. The van der Waals surface area contributed by atoms with Gasteiger partial charge in [0.1, 0.15) is 6.04 Å². The molecule has 1 amide bonds. The van der Waals surface area contributed by atoms with Gasteiger partial charge in [-0.05, 0) is 29.8 Å². The summed E-state index contributed by atoms with van der Waals surface area (Å²) in [6.07, 6.45) is 0. The molecule has 1 unspecified atom stereocenters. The third kappa shape index (κ3) is 3.43. The van der Waals surface area contributed by atoms with Crippen molar-refractivity contribution in [3.05, 3.63) is 52.9 Å². The maximum absolute atomic E-state index is 12.9. The minimum atomic E-state index is -0.872. The van der Waals surface area contributed by atoms with Gasteiger partial charge in [0.15, 0.2) is 11.5 Å². The Morgan fingerprint density at radius 3 is 2.33 bits per heavy atom. The fraction of sp³-hybridized carbons (Fsp3) is 0.182. The molecule has 8 heteroatoms. The highest BCUT2D eigenvalue weighted by Crippen LogP contribution is 2.41. The molecule has 0 aliphatic heterocycles. The van der Waals surface area contributed by atoms with E-state index in [0.29, 0.717) is 27.7 Å². The maximum atomic E-state index is 12.9. The number of amides is 1. The lowest BCUT2D eigenvalue weighted by Crippen LogP contribution is -2.27. The highest BCUT2D eigenvalue weighted by molar-refractivity contribution is 7.33. The zero-order valence-corrected chi connectivity index (χ0v) is 18.1. The van der Waals surface area contributed by atoms with Crippen molar-refractivity contribution >= 4 is 48.1 Å². The van der Waals surface area contributed by atoms with Crippen molar-refractivity contribution in [1.29, 1.82) is 5.26 Å². The third-order valence-electron chi connectivity index (χ3n) is 4.70. The van der Waals surface area contributed by atoms with E-state index in [1.807, 2.05) is 18.2 Å². The molecule has 6 nitrogen and oxygen atoms in total. The molecule has 4 aromatic rings. The van der Waals surface area contributed by atoms with E-state index in [9.17, 15) is 10.1 Å². The van der Waals surface area contributed by atoms with Crippen molar-refractivity contribution in [3.63, 3.8) is 0 Å². The summed E-state index contributed by atoms with van der Waals surface area (Å²) >= 11 is 3.08. The van der Waals surface area contributed by atoms with Crippen LogP contribution in [0.3, 0.4) is 0 Å². The number of hydrogen-bond acceptors (Lipinski definition) is 7. The molecule has 2 heterocycles. The van der Waals surface area contributed by atoms with Gasteiger partial charge in [-0.25, -0.2) is 0 Å². The summed E-state index contributed by atoms with van der Waals surface area (Å²) in [7, 11) is 4.52. The van der Waals surface area contributed by atoms with E-state index < -0.39 is 6.04 Å². The molecule has 0 radical (unpaired) electrons. The van der Waals surface area contributed by atoms with Crippen LogP contribution in [0.2, 0.25) is 0 Å². The SMILES string of the molecule is COc1cc(C(C#N)NC(=O)c2cc3sc4ccccc4c3s2)cc(OC)c1OC. The summed E-state index contributed by atoms with van der Waals surface area (Å²) in [5, 5.41) is 13.6. The topological polar surface area (TPSA) is 80.6 Å². The number of rotatable bonds is 6. The highest BCUT2D eigenvalue weighted by atomic mass is 32.1. The van der Waals surface area contributed by atoms with Crippen molar-refractivity contribution < 1.29 is 19.0 Å². The number of fused-ring (bicyclic) bond motifs is 3. The molecule has 1 N–H and O–H groups in total. The molecule has 0 bridgehead atoms. The van der Waals surface area contributed by atoms with Gasteiger partial charge in [-0.1, -0.05) is 18.2 Å². The fourth-order valence-electron chi connectivity index (χ4n) is 3.27. The lowest BCUT2D eigenvalue weighted by Gasteiger charge is -2.17. The number of nitrogens with zero attached hydrogens (tertiary/aromatic N) is 1. The van der Waals surface area contributed by atoms with Crippen LogP contribution >= 0.6 is 22.7 Å². The molecule has 2 aromatic carbocycles. The van der Waals surface area contributed by atoms with Gasteiger partial charge >= 0.3 is 0 Å². The molecular formula is C22H18N2O4S2. The lowest BCUT2D eigenvalue weighted by atomic mass is 10.1. The van der Waals surface area contributed by atoms with Gasteiger partial charge in [0.05, 0.1) is 37.0 Å². The fourth-order valence-corrected chi connectivity index (χ4v) is 5.70. The Balaban J connectivity index is 1.64. The van der Waals surface area contributed by atoms with Crippen LogP contribution < -0.4 is 19.5 Å². The van der Waals surface area contributed by atoms with Crippen molar-refractivity contribution in [3.8, 4) is 23.3 Å². The van der Waals surface area contributed by atoms with Crippen LogP contribution in [0.4, 0.5) is 0 Å². The monoisotopic (exact) mass is 438 g/mol. The van der Waals surface area contributed by atoms with Gasteiger partial charge in [0.25, 0.3) is 5.91 Å². The van der Waals surface area contributed by atoms with E-state index in [-0.39, 0.29) is 5.91 Å². The predicted molar refractivity (Wildman–Crippen MR) is 119 cm³/mol. The van der Waals surface area contributed by atoms with Crippen LogP contribution in [0.25, 0.3) is 19.5 Å². The smallest absolute Gasteiger partial charge is 0.262 e. The molecule has 0 saturated heterocycles. The Hall–Kier alpha value is -3.28. The summed E-state index contributed by atoms with van der Waals surface area (Å²) in [4.78, 5) is 13.5. The number of carbonyl (C=O) groups is 1. The first-order chi connectivity index (χ1) is 14.6. The lowest BCUT2D eigenvalue weighted by molar-refractivity contribution is 0.0949. The van der Waals surface area contributed by atoms with Gasteiger partial charge in [0, 0.05) is 14.8 Å². The Morgan fingerprint density at radius 1 is 1.00 bits per heavy atom. The van der Waals surface area contributed by atoms with Gasteiger partial charge in [-0.2, -0.15) is 5.26 Å². The number of carbonyl (C=O) groups excluding carboxylic acids is 1. The number of methoxy groups -OCH3 is 3. The molecule has 0 spiro atoms. The van der Waals surface area contributed by atoms with Gasteiger partial charge in [0.2, 0.25) is 5.75 Å². The molecule has 4 rings (SSSR count). The predicted octanol–water partition coefficient (Wildman–Crippen LogP) is 5.14. The van der Waals surface area contributed by atoms with Crippen molar-refractivity contribution in [2.75, 3.05) is 21.3 Å². The molecule has 152 valence electrons. The van der Waals surface area contributed by atoms with Crippen LogP contribution in [-0.4, -0.2) is 27.2 Å². The second-order valence-electron chi connectivity index (χ2n) is 6.40. The molecule has 1 atom stereocenters. The standard InChI is InChI=1S/C22H18N2O4S2/c1-26-15-8-12(9-16(27-2)20(15)28-3)14(11-23)24-22(25)19-10-18-21(30-19)13-6-4-5-7-17(13)29-18/h4-10,14H,1-3H3,(H,24,25).